The van der Waals surface area contributed by atoms with Crippen LogP contribution >= 0.6 is 36.1 Å². The van der Waals surface area contributed by atoms with Gasteiger partial charge in [0.25, 0.3) is 0 Å². The van der Waals surface area contributed by atoms with Crippen LogP contribution in [0.3, 0.4) is 0 Å². The molecule has 0 saturated heterocycles. The molecule has 49 heteroatoms. The van der Waals surface area contributed by atoms with Crippen LogP contribution < -0.4 is 294 Å². The van der Waals surface area contributed by atoms with Gasteiger partial charge in [0, 0.05) is 14.7 Å². The number of fused-ring (bicyclic) bond motifs is 12. The maximum atomic E-state index is 11.3. The van der Waals surface area contributed by atoms with Crippen LogP contribution in [-0.2, 0) is 98.2 Å². The molecule has 0 unspecified atom stereocenters. The zero-order valence-electron chi connectivity index (χ0n) is 77.3. The van der Waals surface area contributed by atoms with Crippen molar-refractivity contribution in [3.05, 3.63) is 470 Å². The van der Waals surface area contributed by atoms with Crippen LogP contribution in [0.5, 0.6) is 0 Å². The van der Waals surface area contributed by atoms with Gasteiger partial charge in [-0.15, -0.1) is 45.5 Å². The van der Waals surface area contributed by atoms with E-state index >= 15 is 0 Å². The van der Waals surface area contributed by atoms with E-state index in [1.54, 1.807) is 135 Å². The van der Waals surface area contributed by atoms with Crippen LogP contribution in [0.15, 0.2) is 380 Å². The number of rotatable bonds is 22. The van der Waals surface area contributed by atoms with Crippen molar-refractivity contribution in [3.63, 3.8) is 0 Å². The first kappa shape index (κ1) is 125. The Morgan fingerprint density at radius 1 is 0.186 bits per heavy atom. The second-order valence-corrected chi connectivity index (χ2v) is 38.6. The molecule has 0 aromatic heterocycles. The Hall–Kier alpha value is -5.22. The average Bonchev–Trinajstić information content (AvgIpc) is 0.752. The first-order valence-electron chi connectivity index (χ1n) is 39.7. The first-order chi connectivity index (χ1) is 65.5. The minimum atomic E-state index is -4.54. The third-order valence-corrected chi connectivity index (χ3v) is 27.7. The molecule has 0 amide bonds. The van der Waals surface area contributed by atoms with Crippen molar-refractivity contribution in [1.29, 1.82) is 0 Å². The van der Waals surface area contributed by atoms with Crippen LogP contribution in [-0.4, -0.2) is 64.9 Å². The zero-order chi connectivity index (χ0) is 95.2. The van der Waals surface area contributed by atoms with Gasteiger partial charge in [-0.3, -0.25) is 15.1 Å². The fourth-order valence-corrected chi connectivity index (χ4v) is 19.0. The number of hydrogen-bond donors (Lipinski definition) is 0. The summed E-state index contributed by atoms with van der Waals surface area (Å²) in [6.07, 6.45) is 28.3. The molecule has 32 nitrogen and oxygen atoms in total. The Labute approximate surface area is 1030 Å². The summed E-state index contributed by atoms with van der Waals surface area (Å²) in [5.74, 6) is 0. The van der Waals surface area contributed by atoms with Crippen LogP contribution in [0.25, 0.3) is 87.1 Å². The summed E-state index contributed by atoms with van der Waals surface area (Å²) in [6.45, 7) is 0. The third kappa shape index (κ3) is 29.5. The second-order valence-electron chi connectivity index (χ2n) is 29.4. The van der Waals surface area contributed by atoms with Crippen molar-refractivity contribution < 1.29 is 365 Å². The molecule has 0 fully saturated rings. The van der Waals surface area contributed by atoms with Gasteiger partial charge in [0.1, 0.15) is 50.6 Å². The summed E-state index contributed by atoms with van der Waals surface area (Å²) in [6, 6.07) is 66.7. The molecule has 688 valence electrons. The summed E-state index contributed by atoms with van der Waals surface area (Å²) in [4.78, 5) is 0.708. The Morgan fingerprint density at radius 2 is 0.303 bits per heavy atom. The molecule has 0 bridgehead atoms. The van der Waals surface area contributed by atoms with Gasteiger partial charge < -0.3 is 81.1 Å². The van der Waals surface area contributed by atoms with E-state index in [0.29, 0.717) is 55.6 Å². The van der Waals surface area contributed by atoms with Crippen molar-refractivity contribution in [2.24, 2.45) is 0 Å². The van der Waals surface area contributed by atoms with Gasteiger partial charge >= 0.3 is 256 Å². The van der Waals surface area contributed by atoms with Gasteiger partial charge in [-0.2, -0.15) is 62.6 Å². The van der Waals surface area contributed by atoms with Crippen LogP contribution in [0.2, 0.25) is 0 Å². The number of benzene rings is 12. The Morgan fingerprint density at radius 3 is 0.414 bits per heavy atom. The van der Waals surface area contributed by atoms with Crippen LogP contribution in [0.1, 0.15) is 44.5 Å². The van der Waals surface area contributed by atoms with Gasteiger partial charge in [-0.1, -0.05) is 194 Å². The quantitative estimate of drug-likeness (QED) is 0.0200. The van der Waals surface area contributed by atoms with Gasteiger partial charge in [-0.25, -0.2) is 42.1 Å². The minimum Gasteiger partial charge on any atom is -0.744 e. The van der Waals surface area contributed by atoms with E-state index in [0.717, 1.165) is 172 Å². The van der Waals surface area contributed by atoms with Gasteiger partial charge in [0.2, 0.25) is 0 Å². The Kier molecular flexibility index (Phi) is 47.9. The second kappa shape index (κ2) is 55.5. The average molecular weight is 2250 g/mol. The smallest absolute Gasteiger partial charge is 0.744 e. The third-order valence-electron chi connectivity index (χ3n) is 21.7. The molecular weight excluding hydrogens is 2190 g/mol. The molecule has 12 aromatic rings. The SMILES string of the molecule is O=S(=O)([O-])c1ccc(C2=c3ccc4c(c3[N-]C=C2)[N-]C=CC=4c2ccc(S(=O)(=O)[O-])cc2)cc1.O=S(=O)([O-])c1ccc(C2=c3ccc4c(c3[N-]C=C2)[N-]C=CC=4c2ccc(S(=O)(=O)[O-])cc2)cc1.O=S(=O)([O-])c1ccc(C2=c3ccc4c(c3[N-]C=C2)[N-]C=CC=4c2ccc(SOO[O-])cc2)cc1.[Na+].[Na+].[Na+].[Na+].[Na+].[Na+].[Na+].[Na+].[O-]OOSc1ccc(C2=c3ccc4c(c3[N-]C=C2)[N-]C=CC=4c2ccc(SOO[O-])cc2)cc1.[Ru+8]. The minimum absolute atomic E-state index is 0. The van der Waals surface area contributed by atoms with E-state index in [-0.39, 0.29) is 280 Å². The van der Waals surface area contributed by atoms with Gasteiger partial charge in [0.15, 0.2) is 0 Å². The Balaban J connectivity index is 0.000000231. The van der Waals surface area contributed by atoms with E-state index in [1.165, 1.54) is 60.7 Å². The maximum Gasteiger partial charge on any atom is 8.00 e. The molecule has 0 spiro atoms. The van der Waals surface area contributed by atoms with Crippen molar-refractivity contribution in [2.45, 2.75) is 39.2 Å². The summed E-state index contributed by atoms with van der Waals surface area (Å²) in [5.41, 5.74) is 19.0. The summed E-state index contributed by atoms with van der Waals surface area (Å²) in [5, 5.41) is 83.5. The van der Waals surface area contributed by atoms with Crippen molar-refractivity contribution in [2.75, 3.05) is 0 Å². The van der Waals surface area contributed by atoms with Crippen molar-refractivity contribution >= 4 is 177 Å². The number of allylic oxidation sites excluding steroid dienone is 8. The maximum absolute atomic E-state index is 11.3. The number of nitrogens with zero attached hydrogens (tertiary/aromatic N) is 8. The standard InChI is InChI=1S/4C24H16N2O6S2.8Na.Ru/c2*27-33(28,29)17-5-1-15(2-6-17)19-11-13-25-23-21(19)9-10-22-20(12-14-26-24(22)23)16-3-7-18(8-4-16)34(30,31)32;27-31-32-33-17-5-1-15(2-6-17)19-11-13-25-23-21(19)9-10-22-20(12-14-26-24(22)23)16-3-7-18(8-4-16)34(28,29)30;27-29-31-33-17-5-1-15(2-6-17)19-11-13-25-23-21(19)9-10-22-20(12-14-26-24(22)23)16-3-7-18(8-4-16)34-32-30-28;;;;;;;;;/h2*1-14H,(H,27,28,29)(H,30,31,32);1-14,27H,(H,28,29,30);1-14,27-28H;;;;;;;;;/q4*-2;8*+1;+8/p-8. The predicted molar refractivity (Wildman–Crippen MR) is 496 cm³/mol. The van der Waals surface area contributed by atoms with Gasteiger partial charge in [0.05, 0.1) is 60.6 Å². The summed E-state index contributed by atoms with van der Waals surface area (Å²) >= 11 is 2.52. The van der Waals surface area contributed by atoms with Crippen molar-refractivity contribution in [3.8, 4) is 0 Å². The van der Waals surface area contributed by atoms with E-state index in [9.17, 15) is 80.6 Å². The van der Waals surface area contributed by atoms with E-state index in [4.69, 9.17) is 0 Å². The number of hydrogen-bond acceptors (Lipinski definition) is 27. The normalized spacial score (nSPS) is 13.5. The summed E-state index contributed by atoms with van der Waals surface area (Å²) < 4.78 is 182. The molecule has 0 N–H and O–H groups in total. The summed E-state index contributed by atoms with van der Waals surface area (Å²) in [7, 11) is -22.7. The molecule has 145 heavy (non-hydrogen) atoms. The topological polar surface area (TPSA) is 523 Å². The van der Waals surface area contributed by atoms with Gasteiger partial charge in [-0.05, 0) is 228 Å². The zero-order valence-corrected chi connectivity index (χ0v) is 102. The molecule has 0 radical (unpaired) electrons. The molecular formula is C96H56N8Na8O24RuS8. The molecule has 8 heterocycles. The van der Waals surface area contributed by atoms with Crippen LogP contribution in [0, 0.1) is 0 Å². The fourth-order valence-electron chi connectivity index (χ4n) is 15.6. The van der Waals surface area contributed by atoms with E-state index in [2.05, 4.69) is 70.7 Å². The fraction of sp³-hybridized carbons (Fsp3) is 0. The van der Waals surface area contributed by atoms with E-state index < -0.39 is 50.6 Å². The first-order valence-corrected chi connectivity index (χ1v) is 48.9. The molecule has 0 aliphatic carbocycles. The molecule has 8 aliphatic rings. The molecule has 0 atom stereocenters. The monoisotopic (exact) mass is 2250 g/mol. The molecule has 20 rings (SSSR count). The molecule has 8 aliphatic heterocycles. The van der Waals surface area contributed by atoms with E-state index in [1.807, 2.05) is 146 Å². The Bertz CT molecular complexity index is 7730. The predicted octanol–water partition coefficient (Wildman–Crippen LogP) is -11.2. The van der Waals surface area contributed by atoms with Crippen molar-refractivity contribution in [1.82, 2.24) is 0 Å². The largest absolute Gasteiger partial charge is 8.00 e. The van der Waals surface area contributed by atoms with Crippen LogP contribution in [0.4, 0.5) is 45.5 Å². The molecule has 12 aromatic carbocycles. The molecule has 0 saturated carbocycles.